The van der Waals surface area contributed by atoms with Crippen molar-refractivity contribution in [3.8, 4) is 0 Å². The minimum atomic E-state index is -0.169. The smallest absolute Gasteiger partial charge is 0.251 e. The van der Waals surface area contributed by atoms with Gasteiger partial charge in [-0.1, -0.05) is 35.9 Å². The van der Waals surface area contributed by atoms with E-state index in [2.05, 4.69) is 10.7 Å². The van der Waals surface area contributed by atoms with E-state index in [9.17, 15) is 9.59 Å². The van der Waals surface area contributed by atoms with Crippen LogP contribution in [0.5, 0.6) is 0 Å². The molecule has 0 bridgehead atoms. The first-order chi connectivity index (χ1) is 11.1. The third-order valence-corrected chi connectivity index (χ3v) is 3.35. The zero-order valence-electron chi connectivity index (χ0n) is 13.4. The Hall–Kier alpha value is -2.82. The standard InChI is InChI=1S/C18H21N3O2/c1-14-7-6-8-15(13-14)18(23)19-12-11-17(22)20-21(2)16-9-4-3-5-10-16/h3-10,13H,11-12H2,1-2H3,(H,19,23)(H,20,22). The Morgan fingerprint density at radius 3 is 2.48 bits per heavy atom. The van der Waals surface area contributed by atoms with E-state index in [0.717, 1.165) is 11.3 Å². The van der Waals surface area contributed by atoms with Gasteiger partial charge in [-0.3, -0.25) is 20.0 Å². The maximum Gasteiger partial charge on any atom is 0.251 e. The van der Waals surface area contributed by atoms with Crippen molar-refractivity contribution in [1.82, 2.24) is 10.7 Å². The molecule has 2 aromatic rings. The summed E-state index contributed by atoms with van der Waals surface area (Å²) < 4.78 is 0. The van der Waals surface area contributed by atoms with Gasteiger partial charge >= 0.3 is 0 Å². The van der Waals surface area contributed by atoms with Crippen molar-refractivity contribution in [2.45, 2.75) is 13.3 Å². The molecule has 0 aromatic heterocycles. The number of hydrogen-bond acceptors (Lipinski definition) is 3. The molecule has 2 aromatic carbocycles. The Morgan fingerprint density at radius 2 is 1.78 bits per heavy atom. The summed E-state index contributed by atoms with van der Waals surface area (Å²) >= 11 is 0. The predicted octanol–water partition coefficient (Wildman–Crippen LogP) is 2.28. The van der Waals surface area contributed by atoms with Gasteiger partial charge in [0.25, 0.3) is 5.91 Å². The highest BCUT2D eigenvalue weighted by Crippen LogP contribution is 2.08. The van der Waals surface area contributed by atoms with Crippen molar-refractivity contribution < 1.29 is 9.59 Å². The van der Waals surface area contributed by atoms with E-state index in [-0.39, 0.29) is 18.2 Å². The third kappa shape index (κ3) is 5.14. The van der Waals surface area contributed by atoms with Crippen molar-refractivity contribution >= 4 is 17.5 Å². The van der Waals surface area contributed by atoms with Crippen LogP contribution in [0, 0.1) is 6.92 Å². The minimum Gasteiger partial charge on any atom is -0.352 e. The number of carbonyl (C=O) groups is 2. The summed E-state index contributed by atoms with van der Waals surface area (Å²) in [6.07, 6.45) is 0.217. The van der Waals surface area contributed by atoms with Gasteiger partial charge in [-0.15, -0.1) is 0 Å². The Bertz CT molecular complexity index is 671. The molecule has 0 heterocycles. The van der Waals surface area contributed by atoms with Crippen LogP contribution < -0.4 is 15.8 Å². The number of benzene rings is 2. The predicted molar refractivity (Wildman–Crippen MR) is 91.1 cm³/mol. The zero-order valence-corrected chi connectivity index (χ0v) is 13.4. The molecule has 0 aliphatic rings. The molecule has 0 aliphatic carbocycles. The fraction of sp³-hybridized carbons (Fsp3) is 0.222. The summed E-state index contributed by atoms with van der Waals surface area (Å²) in [5.41, 5.74) is 5.29. The molecule has 0 fully saturated rings. The number of nitrogens with zero attached hydrogens (tertiary/aromatic N) is 1. The lowest BCUT2D eigenvalue weighted by molar-refractivity contribution is -0.121. The summed E-state index contributed by atoms with van der Waals surface area (Å²) in [5.74, 6) is -0.321. The second kappa shape index (κ2) is 7.98. The van der Waals surface area contributed by atoms with Crippen LogP contribution in [0.1, 0.15) is 22.3 Å². The summed E-state index contributed by atoms with van der Waals surface area (Å²) in [6, 6.07) is 16.9. The molecule has 2 rings (SSSR count). The Balaban J connectivity index is 1.75. The molecule has 2 N–H and O–H groups in total. The van der Waals surface area contributed by atoms with Crippen LogP contribution in [0.25, 0.3) is 0 Å². The van der Waals surface area contributed by atoms with E-state index < -0.39 is 0 Å². The third-order valence-electron chi connectivity index (χ3n) is 3.35. The van der Waals surface area contributed by atoms with Crippen LogP contribution in [0.15, 0.2) is 54.6 Å². The average molecular weight is 311 g/mol. The number of amides is 2. The monoisotopic (exact) mass is 311 g/mol. The Kier molecular flexibility index (Phi) is 5.74. The first-order valence-electron chi connectivity index (χ1n) is 7.49. The molecule has 0 atom stereocenters. The van der Waals surface area contributed by atoms with Gasteiger partial charge in [0, 0.05) is 25.6 Å². The molecule has 23 heavy (non-hydrogen) atoms. The topological polar surface area (TPSA) is 61.4 Å². The number of nitrogens with one attached hydrogen (secondary N) is 2. The normalized spacial score (nSPS) is 10.0. The van der Waals surface area contributed by atoms with Gasteiger partial charge in [-0.25, -0.2) is 0 Å². The van der Waals surface area contributed by atoms with Crippen LogP contribution in [-0.4, -0.2) is 25.4 Å². The van der Waals surface area contributed by atoms with E-state index in [1.54, 1.807) is 18.1 Å². The lowest BCUT2D eigenvalue weighted by atomic mass is 10.1. The Morgan fingerprint density at radius 1 is 1.04 bits per heavy atom. The number of carbonyl (C=O) groups excluding carboxylic acids is 2. The lowest BCUT2D eigenvalue weighted by Gasteiger charge is -2.20. The first kappa shape index (κ1) is 16.5. The maximum atomic E-state index is 12.0. The highest BCUT2D eigenvalue weighted by Gasteiger charge is 2.08. The fourth-order valence-electron chi connectivity index (χ4n) is 2.14. The molecule has 0 aliphatic heterocycles. The largest absolute Gasteiger partial charge is 0.352 e. The van der Waals surface area contributed by atoms with Crippen molar-refractivity contribution in [3.63, 3.8) is 0 Å². The molecular formula is C18H21N3O2. The summed E-state index contributed by atoms with van der Waals surface area (Å²) in [6.45, 7) is 2.23. The van der Waals surface area contributed by atoms with Crippen LogP contribution in [-0.2, 0) is 4.79 Å². The quantitative estimate of drug-likeness (QED) is 0.805. The van der Waals surface area contributed by atoms with E-state index in [1.165, 1.54) is 0 Å². The summed E-state index contributed by atoms with van der Waals surface area (Å²) in [4.78, 5) is 23.9. The van der Waals surface area contributed by atoms with Gasteiger partial charge in [0.05, 0.1) is 5.69 Å². The molecular weight excluding hydrogens is 290 g/mol. The number of anilines is 1. The van der Waals surface area contributed by atoms with Gasteiger partial charge in [-0.2, -0.15) is 0 Å². The molecule has 0 spiro atoms. The fourth-order valence-corrected chi connectivity index (χ4v) is 2.14. The molecule has 5 heteroatoms. The Labute approximate surface area is 136 Å². The van der Waals surface area contributed by atoms with Crippen LogP contribution in [0.3, 0.4) is 0 Å². The highest BCUT2D eigenvalue weighted by molar-refractivity contribution is 5.94. The first-order valence-corrected chi connectivity index (χ1v) is 7.49. The van der Waals surface area contributed by atoms with Crippen molar-refractivity contribution in [2.75, 3.05) is 18.6 Å². The molecule has 2 amide bonds. The van der Waals surface area contributed by atoms with Crippen molar-refractivity contribution in [2.24, 2.45) is 0 Å². The second-order valence-electron chi connectivity index (χ2n) is 5.30. The van der Waals surface area contributed by atoms with Crippen LogP contribution in [0.4, 0.5) is 5.69 Å². The van der Waals surface area contributed by atoms with E-state index >= 15 is 0 Å². The molecule has 0 unspecified atom stereocenters. The zero-order chi connectivity index (χ0) is 16.7. The average Bonchev–Trinajstić information content (AvgIpc) is 2.55. The van der Waals surface area contributed by atoms with Gasteiger partial charge in [0.1, 0.15) is 0 Å². The maximum absolute atomic E-state index is 12.0. The van der Waals surface area contributed by atoms with Crippen molar-refractivity contribution in [3.05, 3.63) is 65.7 Å². The van der Waals surface area contributed by atoms with Crippen LogP contribution in [0.2, 0.25) is 0 Å². The number of hydrazine groups is 1. The van der Waals surface area contributed by atoms with Crippen LogP contribution >= 0.6 is 0 Å². The van der Waals surface area contributed by atoms with E-state index in [1.807, 2.05) is 55.5 Å². The number of rotatable bonds is 6. The minimum absolute atomic E-state index is 0.152. The molecule has 0 saturated heterocycles. The molecule has 120 valence electrons. The second-order valence-corrected chi connectivity index (χ2v) is 5.30. The van der Waals surface area contributed by atoms with Gasteiger partial charge in [0.2, 0.25) is 5.91 Å². The summed E-state index contributed by atoms with van der Waals surface area (Å²) in [7, 11) is 1.78. The molecule has 0 saturated carbocycles. The van der Waals surface area contributed by atoms with Gasteiger partial charge < -0.3 is 5.32 Å². The SMILES string of the molecule is Cc1cccc(C(=O)NCCC(=O)NN(C)c2ccccc2)c1. The molecule has 5 nitrogen and oxygen atoms in total. The number of para-hydroxylation sites is 1. The summed E-state index contributed by atoms with van der Waals surface area (Å²) in [5, 5.41) is 4.41. The number of hydrogen-bond donors (Lipinski definition) is 2. The van der Waals surface area contributed by atoms with E-state index in [0.29, 0.717) is 12.1 Å². The number of aryl methyl sites for hydroxylation is 1. The lowest BCUT2D eigenvalue weighted by Crippen LogP contribution is -2.40. The molecule has 0 radical (unpaired) electrons. The van der Waals surface area contributed by atoms with Crippen molar-refractivity contribution in [1.29, 1.82) is 0 Å². The van der Waals surface area contributed by atoms with Gasteiger partial charge in [0.15, 0.2) is 0 Å². The van der Waals surface area contributed by atoms with E-state index in [4.69, 9.17) is 0 Å². The highest BCUT2D eigenvalue weighted by atomic mass is 16.2. The van der Waals surface area contributed by atoms with Gasteiger partial charge in [-0.05, 0) is 31.2 Å².